The number of amides is 1. The van der Waals surface area contributed by atoms with Gasteiger partial charge in [-0.05, 0) is 38.0 Å². The molecular weight excluding hydrogens is 270 g/mol. The van der Waals surface area contributed by atoms with Crippen LogP contribution in [0.2, 0.25) is 0 Å². The Hall–Kier alpha value is -1.88. The number of ether oxygens (including phenoxy) is 2. The lowest BCUT2D eigenvalue weighted by Crippen LogP contribution is -2.37. The fraction of sp³-hybridized carbons (Fsp3) is 0.500. The van der Waals surface area contributed by atoms with E-state index in [2.05, 4.69) is 5.32 Å². The molecule has 0 aliphatic rings. The molecule has 0 aliphatic heterocycles. The summed E-state index contributed by atoms with van der Waals surface area (Å²) in [5.41, 5.74) is 1.08. The van der Waals surface area contributed by atoms with Crippen LogP contribution in [-0.4, -0.2) is 38.1 Å². The van der Waals surface area contributed by atoms with Gasteiger partial charge in [-0.2, -0.15) is 0 Å². The number of hydrogen-bond acceptors (Lipinski definition) is 4. The SMILES string of the molecule is COCCNC(=O)C(C)Oc1ccc(CCC(C)=O)cc1. The maximum atomic E-state index is 11.7. The van der Waals surface area contributed by atoms with Crippen LogP contribution in [0.4, 0.5) is 0 Å². The molecule has 0 saturated carbocycles. The van der Waals surface area contributed by atoms with E-state index in [9.17, 15) is 9.59 Å². The fourth-order valence-corrected chi connectivity index (χ4v) is 1.73. The van der Waals surface area contributed by atoms with E-state index in [0.29, 0.717) is 25.3 Å². The van der Waals surface area contributed by atoms with Gasteiger partial charge in [0.2, 0.25) is 0 Å². The second-order valence-electron chi connectivity index (χ2n) is 4.89. The van der Waals surface area contributed by atoms with Gasteiger partial charge in [0.05, 0.1) is 6.61 Å². The monoisotopic (exact) mass is 293 g/mol. The van der Waals surface area contributed by atoms with Crippen molar-refractivity contribution in [2.24, 2.45) is 0 Å². The molecule has 0 bridgehead atoms. The minimum absolute atomic E-state index is 0.173. The summed E-state index contributed by atoms with van der Waals surface area (Å²) < 4.78 is 10.4. The van der Waals surface area contributed by atoms with Crippen LogP contribution in [0.5, 0.6) is 5.75 Å². The molecule has 0 radical (unpaired) electrons. The Morgan fingerprint density at radius 3 is 2.48 bits per heavy atom. The number of nitrogens with one attached hydrogen (secondary N) is 1. The van der Waals surface area contributed by atoms with Crippen molar-refractivity contribution in [3.63, 3.8) is 0 Å². The maximum Gasteiger partial charge on any atom is 0.260 e. The Morgan fingerprint density at radius 2 is 1.90 bits per heavy atom. The van der Waals surface area contributed by atoms with Crippen molar-refractivity contribution in [3.8, 4) is 5.75 Å². The highest BCUT2D eigenvalue weighted by atomic mass is 16.5. The molecule has 1 amide bonds. The summed E-state index contributed by atoms with van der Waals surface area (Å²) in [6.45, 7) is 4.23. The largest absolute Gasteiger partial charge is 0.481 e. The molecule has 1 rings (SSSR count). The molecule has 5 heteroatoms. The first-order chi connectivity index (χ1) is 10.0. The standard InChI is InChI=1S/C16H23NO4/c1-12(18)4-5-14-6-8-15(9-7-14)21-13(2)16(19)17-10-11-20-3/h6-9,13H,4-5,10-11H2,1-3H3,(H,17,19). The number of ketones is 1. The van der Waals surface area contributed by atoms with E-state index in [1.807, 2.05) is 24.3 Å². The number of carbonyl (C=O) groups is 2. The first-order valence-electron chi connectivity index (χ1n) is 7.04. The van der Waals surface area contributed by atoms with E-state index in [1.165, 1.54) is 0 Å². The highest BCUT2D eigenvalue weighted by molar-refractivity contribution is 5.80. The molecular formula is C16H23NO4. The first-order valence-corrected chi connectivity index (χ1v) is 7.04. The fourth-order valence-electron chi connectivity index (χ4n) is 1.73. The minimum Gasteiger partial charge on any atom is -0.481 e. The lowest BCUT2D eigenvalue weighted by molar-refractivity contribution is -0.127. The van der Waals surface area contributed by atoms with E-state index in [4.69, 9.17) is 9.47 Å². The van der Waals surface area contributed by atoms with E-state index in [1.54, 1.807) is 21.0 Å². The molecule has 0 heterocycles. The van der Waals surface area contributed by atoms with Gasteiger partial charge in [0.15, 0.2) is 6.10 Å². The summed E-state index contributed by atoms with van der Waals surface area (Å²) in [6, 6.07) is 7.45. The van der Waals surface area contributed by atoms with E-state index < -0.39 is 6.10 Å². The summed E-state index contributed by atoms with van der Waals surface area (Å²) in [5, 5.41) is 2.72. The quantitative estimate of drug-likeness (QED) is 0.704. The van der Waals surface area contributed by atoms with Gasteiger partial charge in [-0.3, -0.25) is 4.79 Å². The van der Waals surface area contributed by atoms with Crippen LogP contribution in [0.3, 0.4) is 0 Å². The highest BCUT2D eigenvalue weighted by Crippen LogP contribution is 2.15. The van der Waals surface area contributed by atoms with Crippen LogP contribution >= 0.6 is 0 Å². The number of rotatable bonds is 9. The van der Waals surface area contributed by atoms with Crippen LogP contribution in [0.1, 0.15) is 25.8 Å². The van der Waals surface area contributed by atoms with Crippen molar-refractivity contribution in [3.05, 3.63) is 29.8 Å². The van der Waals surface area contributed by atoms with Crippen LogP contribution in [-0.2, 0) is 20.7 Å². The molecule has 0 saturated heterocycles. The van der Waals surface area contributed by atoms with Gasteiger partial charge >= 0.3 is 0 Å². The Balaban J connectivity index is 2.43. The second-order valence-corrected chi connectivity index (χ2v) is 4.89. The van der Waals surface area contributed by atoms with Crippen LogP contribution in [0, 0.1) is 0 Å². The van der Waals surface area contributed by atoms with Crippen molar-refractivity contribution in [1.29, 1.82) is 0 Å². The van der Waals surface area contributed by atoms with Gasteiger partial charge in [0.25, 0.3) is 5.91 Å². The second kappa shape index (κ2) is 9.13. The number of carbonyl (C=O) groups excluding carboxylic acids is 2. The van der Waals surface area contributed by atoms with Crippen molar-refractivity contribution >= 4 is 11.7 Å². The smallest absolute Gasteiger partial charge is 0.260 e. The summed E-state index contributed by atoms with van der Waals surface area (Å²) in [5.74, 6) is 0.639. The van der Waals surface area contributed by atoms with Gasteiger partial charge < -0.3 is 19.6 Å². The van der Waals surface area contributed by atoms with Crippen molar-refractivity contribution in [2.75, 3.05) is 20.3 Å². The van der Waals surface area contributed by atoms with Gasteiger partial charge in [0.1, 0.15) is 11.5 Å². The zero-order valence-electron chi connectivity index (χ0n) is 12.8. The first kappa shape index (κ1) is 17.2. The zero-order valence-corrected chi connectivity index (χ0v) is 12.8. The van der Waals surface area contributed by atoms with Crippen LogP contribution < -0.4 is 10.1 Å². The Kier molecular flexibility index (Phi) is 7.46. The normalized spacial score (nSPS) is 11.8. The zero-order chi connectivity index (χ0) is 15.7. The number of Topliss-reactive ketones (excluding diaryl/α,β-unsaturated/α-hetero) is 1. The maximum absolute atomic E-state index is 11.7. The molecule has 1 aromatic carbocycles. The van der Waals surface area contributed by atoms with E-state index >= 15 is 0 Å². The predicted octanol–water partition coefficient (Wildman–Crippen LogP) is 1.74. The Labute approximate surface area is 125 Å². The summed E-state index contributed by atoms with van der Waals surface area (Å²) >= 11 is 0. The summed E-state index contributed by atoms with van der Waals surface area (Å²) in [7, 11) is 1.58. The van der Waals surface area contributed by atoms with Gasteiger partial charge in [-0.25, -0.2) is 0 Å². The lowest BCUT2D eigenvalue weighted by atomic mass is 10.1. The molecule has 21 heavy (non-hydrogen) atoms. The number of aryl methyl sites for hydroxylation is 1. The van der Waals surface area contributed by atoms with Crippen molar-refractivity contribution < 1.29 is 19.1 Å². The van der Waals surface area contributed by atoms with E-state index in [-0.39, 0.29) is 11.7 Å². The lowest BCUT2D eigenvalue weighted by Gasteiger charge is -2.14. The molecule has 1 aromatic rings. The van der Waals surface area contributed by atoms with Gasteiger partial charge in [-0.1, -0.05) is 12.1 Å². The highest BCUT2D eigenvalue weighted by Gasteiger charge is 2.13. The third-order valence-corrected chi connectivity index (χ3v) is 2.98. The number of hydrogen-bond donors (Lipinski definition) is 1. The van der Waals surface area contributed by atoms with Crippen LogP contribution in [0.15, 0.2) is 24.3 Å². The summed E-state index contributed by atoms with van der Waals surface area (Å²) in [6.07, 6.45) is 0.700. The minimum atomic E-state index is -0.565. The molecule has 116 valence electrons. The average molecular weight is 293 g/mol. The molecule has 1 atom stereocenters. The average Bonchev–Trinajstić information content (AvgIpc) is 2.46. The molecule has 0 aliphatic carbocycles. The van der Waals surface area contributed by atoms with Crippen molar-refractivity contribution in [1.82, 2.24) is 5.32 Å². The number of methoxy groups -OCH3 is 1. The van der Waals surface area contributed by atoms with E-state index in [0.717, 1.165) is 12.0 Å². The van der Waals surface area contributed by atoms with Crippen LogP contribution in [0.25, 0.3) is 0 Å². The summed E-state index contributed by atoms with van der Waals surface area (Å²) in [4.78, 5) is 22.7. The third-order valence-electron chi connectivity index (χ3n) is 2.98. The van der Waals surface area contributed by atoms with Gasteiger partial charge in [0, 0.05) is 20.1 Å². The Bertz CT molecular complexity index is 456. The molecule has 5 nitrogen and oxygen atoms in total. The molecule has 0 aromatic heterocycles. The molecule has 1 unspecified atom stereocenters. The third kappa shape index (κ3) is 6.90. The molecule has 0 fully saturated rings. The van der Waals surface area contributed by atoms with Crippen molar-refractivity contribution in [2.45, 2.75) is 32.8 Å². The Morgan fingerprint density at radius 1 is 1.24 bits per heavy atom. The number of benzene rings is 1. The van der Waals surface area contributed by atoms with Gasteiger partial charge in [-0.15, -0.1) is 0 Å². The topological polar surface area (TPSA) is 64.6 Å². The molecule has 0 spiro atoms. The molecule has 1 N–H and O–H groups in total. The predicted molar refractivity (Wildman–Crippen MR) is 80.4 cm³/mol.